The third-order valence-corrected chi connectivity index (χ3v) is 4.53. The number of likely N-dealkylation sites (tertiary alicyclic amines) is 1. The Balaban J connectivity index is 1.62. The van der Waals surface area contributed by atoms with Gasteiger partial charge in [0, 0.05) is 36.6 Å². The molecule has 0 aliphatic carbocycles. The normalized spacial score (nSPS) is 19.4. The maximum absolute atomic E-state index is 13.8. The van der Waals surface area contributed by atoms with Crippen LogP contribution >= 0.6 is 0 Å². The van der Waals surface area contributed by atoms with Crippen LogP contribution < -0.4 is 10.1 Å². The first-order chi connectivity index (χ1) is 13.0. The van der Waals surface area contributed by atoms with Crippen molar-refractivity contribution in [2.24, 2.45) is 0 Å². The summed E-state index contributed by atoms with van der Waals surface area (Å²) >= 11 is 0. The molecule has 1 aliphatic heterocycles. The van der Waals surface area contributed by atoms with Gasteiger partial charge in [-0.15, -0.1) is 0 Å². The molecule has 1 aromatic heterocycles. The summed E-state index contributed by atoms with van der Waals surface area (Å²) in [7, 11) is 1.35. The highest BCUT2D eigenvalue weighted by Gasteiger charge is 2.32. The number of rotatable bonds is 4. The number of carbonyl (C=O) groups excluding carboxylic acids is 2. The van der Waals surface area contributed by atoms with Crippen LogP contribution in [-0.4, -0.2) is 59.1 Å². The van der Waals surface area contributed by atoms with E-state index >= 15 is 0 Å². The number of carbonyl (C=O) groups is 2. The lowest BCUT2D eigenvalue weighted by atomic mass is 10.0. The van der Waals surface area contributed by atoms with Crippen molar-refractivity contribution in [2.45, 2.75) is 18.6 Å². The van der Waals surface area contributed by atoms with E-state index < -0.39 is 18.0 Å². The van der Waals surface area contributed by atoms with E-state index in [1.807, 2.05) is 0 Å². The van der Waals surface area contributed by atoms with Gasteiger partial charge in [-0.1, -0.05) is 0 Å². The highest BCUT2D eigenvalue weighted by Crippen LogP contribution is 2.20. The number of halogens is 1. The number of β-amino-alcohol motifs (C(OH)–C–C–N with tert-alkyl or cyclic N) is 1. The van der Waals surface area contributed by atoms with Gasteiger partial charge < -0.3 is 20.1 Å². The predicted molar refractivity (Wildman–Crippen MR) is 95.0 cm³/mol. The standard InChI is InChI=1S/C19H20FN3O4/c1-27-17-3-2-13(10-14(17)20)19(26)23-9-6-15(16(24)11-23)22-18(25)12-4-7-21-8-5-12/h2-5,7-8,10,15-16,24H,6,9,11H2,1H3,(H,22,25). The van der Waals surface area contributed by atoms with Crippen LogP contribution in [0.15, 0.2) is 42.7 Å². The molecule has 27 heavy (non-hydrogen) atoms. The fraction of sp³-hybridized carbons (Fsp3) is 0.316. The van der Waals surface area contributed by atoms with Crippen molar-refractivity contribution >= 4 is 11.8 Å². The Kier molecular flexibility index (Phi) is 5.66. The molecule has 0 saturated carbocycles. The molecule has 2 heterocycles. The molecule has 2 amide bonds. The zero-order valence-electron chi connectivity index (χ0n) is 14.8. The van der Waals surface area contributed by atoms with E-state index in [0.717, 1.165) is 6.07 Å². The molecule has 2 N–H and O–H groups in total. The molecule has 3 rings (SSSR count). The van der Waals surface area contributed by atoms with E-state index in [1.54, 1.807) is 12.1 Å². The van der Waals surface area contributed by atoms with Gasteiger partial charge in [0.1, 0.15) is 0 Å². The number of nitrogens with one attached hydrogen (secondary N) is 1. The Morgan fingerprint density at radius 1 is 1.26 bits per heavy atom. The van der Waals surface area contributed by atoms with Crippen molar-refractivity contribution < 1.29 is 23.8 Å². The minimum absolute atomic E-state index is 0.0494. The average Bonchev–Trinajstić information content (AvgIpc) is 2.69. The van der Waals surface area contributed by atoms with Crippen molar-refractivity contribution in [1.82, 2.24) is 15.2 Å². The van der Waals surface area contributed by atoms with Crippen LogP contribution in [0.4, 0.5) is 4.39 Å². The highest BCUT2D eigenvalue weighted by atomic mass is 19.1. The largest absolute Gasteiger partial charge is 0.494 e. The molecule has 2 unspecified atom stereocenters. The Hall–Kier alpha value is -3.00. The van der Waals surface area contributed by atoms with E-state index in [1.165, 1.54) is 36.5 Å². The molecule has 7 nitrogen and oxygen atoms in total. The lowest BCUT2D eigenvalue weighted by Crippen LogP contribution is -2.55. The number of hydrogen-bond donors (Lipinski definition) is 2. The average molecular weight is 373 g/mol. The number of aliphatic hydroxyl groups is 1. The molecule has 142 valence electrons. The molecule has 1 aromatic carbocycles. The predicted octanol–water partition coefficient (Wildman–Crippen LogP) is 1.23. The lowest BCUT2D eigenvalue weighted by molar-refractivity contribution is 0.0314. The summed E-state index contributed by atoms with van der Waals surface area (Å²) in [4.78, 5) is 30.1. The van der Waals surface area contributed by atoms with Crippen molar-refractivity contribution in [3.63, 3.8) is 0 Å². The van der Waals surface area contributed by atoms with Crippen molar-refractivity contribution in [3.8, 4) is 5.75 Å². The number of methoxy groups -OCH3 is 1. The highest BCUT2D eigenvalue weighted by molar-refractivity contribution is 5.95. The molecule has 1 aliphatic rings. The van der Waals surface area contributed by atoms with Gasteiger partial charge in [-0.2, -0.15) is 0 Å². The van der Waals surface area contributed by atoms with Crippen LogP contribution in [0.3, 0.4) is 0 Å². The summed E-state index contributed by atoms with van der Waals surface area (Å²) in [6.07, 6.45) is 2.50. The number of aliphatic hydroxyl groups excluding tert-OH is 1. The molecule has 1 fully saturated rings. The van der Waals surface area contributed by atoms with Crippen molar-refractivity contribution in [2.75, 3.05) is 20.2 Å². The Morgan fingerprint density at radius 3 is 2.63 bits per heavy atom. The quantitative estimate of drug-likeness (QED) is 0.841. The molecule has 8 heteroatoms. The SMILES string of the molecule is COc1ccc(C(=O)N2CCC(NC(=O)c3ccncc3)C(O)C2)cc1F. The van der Waals surface area contributed by atoms with E-state index in [4.69, 9.17) is 4.74 Å². The lowest BCUT2D eigenvalue weighted by Gasteiger charge is -2.36. The number of benzene rings is 1. The molecular weight excluding hydrogens is 353 g/mol. The van der Waals surface area contributed by atoms with Gasteiger partial charge in [0.05, 0.1) is 19.3 Å². The van der Waals surface area contributed by atoms with Crippen molar-refractivity contribution in [1.29, 1.82) is 0 Å². The third-order valence-electron chi connectivity index (χ3n) is 4.53. The van der Waals surface area contributed by atoms with Crippen LogP contribution in [0, 0.1) is 5.82 Å². The van der Waals surface area contributed by atoms with Crippen LogP contribution in [-0.2, 0) is 0 Å². The minimum atomic E-state index is -0.920. The zero-order valence-corrected chi connectivity index (χ0v) is 14.8. The summed E-state index contributed by atoms with van der Waals surface area (Å²) < 4.78 is 18.7. The summed E-state index contributed by atoms with van der Waals surface area (Å²) in [5, 5.41) is 13.1. The molecule has 0 radical (unpaired) electrons. The first-order valence-corrected chi connectivity index (χ1v) is 8.51. The third kappa shape index (κ3) is 4.22. The minimum Gasteiger partial charge on any atom is -0.494 e. The van der Waals surface area contributed by atoms with Gasteiger partial charge in [-0.3, -0.25) is 14.6 Å². The molecule has 1 saturated heterocycles. The molecule has 0 bridgehead atoms. The summed E-state index contributed by atoms with van der Waals surface area (Å²) in [6, 6.07) is 6.68. The fourth-order valence-corrected chi connectivity index (χ4v) is 3.02. The molecular formula is C19H20FN3O4. The van der Waals surface area contributed by atoms with Gasteiger partial charge in [0.15, 0.2) is 11.6 Å². The number of aromatic nitrogens is 1. The van der Waals surface area contributed by atoms with Gasteiger partial charge in [-0.05, 0) is 36.8 Å². The van der Waals surface area contributed by atoms with E-state index in [9.17, 15) is 19.1 Å². The van der Waals surface area contributed by atoms with Crippen LogP contribution in [0.25, 0.3) is 0 Å². The first kappa shape index (κ1) is 18.8. The Morgan fingerprint density at radius 2 is 2.00 bits per heavy atom. The van der Waals surface area contributed by atoms with Gasteiger partial charge in [-0.25, -0.2) is 4.39 Å². The summed E-state index contributed by atoms with van der Waals surface area (Å²) in [6.45, 7) is 0.388. The summed E-state index contributed by atoms with van der Waals surface area (Å²) in [5.41, 5.74) is 0.629. The summed E-state index contributed by atoms with van der Waals surface area (Å²) in [5.74, 6) is -1.25. The Labute approximate surface area is 155 Å². The second-order valence-electron chi connectivity index (χ2n) is 6.27. The van der Waals surface area contributed by atoms with Gasteiger partial charge in [0.25, 0.3) is 11.8 Å². The molecule has 0 spiro atoms. The van der Waals surface area contributed by atoms with Gasteiger partial charge >= 0.3 is 0 Å². The molecule has 2 atom stereocenters. The van der Waals surface area contributed by atoms with E-state index in [-0.39, 0.29) is 29.7 Å². The maximum atomic E-state index is 13.8. The molecule has 2 aromatic rings. The number of amides is 2. The fourth-order valence-electron chi connectivity index (χ4n) is 3.02. The van der Waals surface area contributed by atoms with Crippen molar-refractivity contribution in [3.05, 3.63) is 59.7 Å². The Bertz CT molecular complexity index is 831. The maximum Gasteiger partial charge on any atom is 0.254 e. The number of hydrogen-bond acceptors (Lipinski definition) is 5. The second kappa shape index (κ2) is 8.13. The smallest absolute Gasteiger partial charge is 0.254 e. The van der Waals surface area contributed by atoms with Crippen LogP contribution in [0.1, 0.15) is 27.1 Å². The number of nitrogens with zero attached hydrogens (tertiary/aromatic N) is 2. The van der Waals surface area contributed by atoms with Crippen LogP contribution in [0.2, 0.25) is 0 Å². The number of pyridine rings is 1. The van der Waals surface area contributed by atoms with Gasteiger partial charge in [0.2, 0.25) is 0 Å². The number of piperidine rings is 1. The first-order valence-electron chi connectivity index (χ1n) is 8.51. The monoisotopic (exact) mass is 373 g/mol. The number of ether oxygens (including phenoxy) is 1. The van der Waals surface area contributed by atoms with E-state index in [2.05, 4.69) is 10.3 Å². The zero-order chi connectivity index (χ0) is 19.4. The van der Waals surface area contributed by atoms with E-state index in [0.29, 0.717) is 18.5 Å². The van der Waals surface area contributed by atoms with Crippen LogP contribution in [0.5, 0.6) is 5.75 Å². The second-order valence-corrected chi connectivity index (χ2v) is 6.27. The topological polar surface area (TPSA) is 91.8 Å².